The van der Waals surface area contributed by atoms with Crippen LogP contribution in [0.2, 0.25) is 5.02 Å². The van der Waals surface area contributed by atoms with Crippen molar-refractivity contribution >= 4 is 57.4 Å². The van der Waals surface area contributed by atoms with E-state index in [4.69, 9.17) is 23.8 Å². The first kappa shape index (κ1) is 23.6. The minimum Gasteiger partial charge on any atom is -0.313 e. The zero-order chi connectivity index (χ0) is 25.2. The van der Waals surface area contributed by atoms with Crippen LogP contribution in [0.5, 0.6) is 0 Å². The quantitative estimate of drug-likeness (QED) is 0.463. The Morgan fingerprint density at radius 1 is 1.08 bits per heavy atom. The molecule has 2 amide bonds. The first-order valence-electron chi connectivity index (χ1n) is 11.6. The Balaban J connectivity index is 1.60. The predicted molar refractivity (Wildman–Crippen MR) is 146 cm³/mol. The molecule has 2 spiro atoms. The van der Waals surface area contributed by atoms with Gasteiger partial charge in [0.1, 0.15) is 9.07 Å². The van der Waals surface area contributed by atoms with E-state index in [9.17, 15) is 9.59 Å². The summed E-state index contributed by atoms with van der Waals surface area (Å²) in [5.74, 6) is -0.636. The van der Waals surface area contributed by atoms with E-state index in [0.717, 1.165) is 22.4 Å². The number of carbonyl (C=O) groups excluding carboxylic acids is 2. The normalized spacial score (nSPS) is 27.6. The van der Waals surface area contributed by atoms with E-state index in [-0.39, 0.29) is 17.7 Å². The summed E-state index contributed by atoms with van der Waals surface area (Å²) in [6, 6.07) is 19.1. The van der Waals surface area contributed by atoms with Crippen molar-refractivity contribution in [3.63, 3.8) is 0 Å². The van der Waals surface area contributed by atoms with Gasteiger partial charge in [-0.3, -0.25) is 24.4 Å². The molecule has 0 saturated carbocycles. The number of amides is 2. The van der Waals surface area contributed by atoms with Crippen molar-refractivity contribution < 1.29 is 9.59 Å². The van der Waals surface area contributed by atoms with Crippen LogP contribution in [0.1, 0.15) is 22.6 Å². The second-order valence-corrected chi connectivity index (χ2v) is 11.8. The Bertz CT molecular complexity index is 1410. The van der Waals surface area contributed by atoms with E-state index >= 15 is 0 Å². The van der Waals surface area contributed by atoms with E-state index in [1.165, 1.54) is 11.8 Å². The molecule has 6 nitrogen and oxygen atoms in total. The number of hydrogen-bond acceptors (Lipinski definition) is 6. The van der Waals surface area contributed by atoms with Crippen molar-refractivity contribution in [2.24, 2.45) is 0 Å². The second-order valence-electron chi connectivity index (χ2n) is 9.44. The van der Waals surface area contributed by atoms with Gasteiger partial charge in [-0.05, 0) is 42.4 Å². The number of benzene rings is 2. The maximum absolute atomic E-state index is 14.7. The second kappa shape index (κ2) is 8.38. The summed E-state index contributed by atoms with van der Waals surface area (Å²) < 4.78 is -0.754. The van der Waals surface area contributed by atoms with Crippen molar-refractivity contribution in [1.29, 1.82) is 0 Å². The molecule has 0 unspecified atom stereocenters. The summed E-state index contributed by atoms with van der Waals surface area (Å²) in [5.41, 5.74) is 2.09. The van der Waals surface area contributed by atoms with Crippen LogP contribution in [0.15, 0.2) is 73.1 Å². The van der Waals surface area contributed by atoms with Gasteiger partial charge in [-0.15, -0.1) is 0 Å². The Kier molecular flexibility index (Phi) is 5.50. The number of hydrogen-bond donors (Lipinski definition) is 0. The van der Waals surface area contributed by atoms with Crippen LogP contribution in [-0.2, 0) is 21.7 Å². The number of aromatic nitrogens is 1. The zero-order valence-corrected chi connectivity index (χ0v) is 22.1. The van der Waals surface area contributed by atoms with Crippen LogP contribution in [0, 0.1) is 0 Å². The summed E-state index contributed by atoms with van der Waals surface area (Å²) in [5, 5.41) is 0.517. The number of thioether (sulfide) groups is 1. The average molecular weight is 535 g/mol. The first-order valence-corrected chi connectivity index (χ1v) is 13.2. The number of likely N-dealkylation sites (tertiary alicyclic amines) is 1. The predicted octanol–water partition coefficient (Wildman–Crippen LogP) is 4.44. The summed E-state index contributed by atoms with van der Waals surface area (Å²) in [6.45, 7) is 0.830. The van der Waals surface area contributed by atoms with Crippen molar-refractivity contribution in [1.82, 2.24) is 14.8 Å². The monoisotopic (exact) mass is 534 g/mol. The average Bonchev–Trinajstić information content (AvgIpc) is 3.38. The lowest BCUT2D eigenvalue weighted by atomic mass is 9.72. The SMILES string of the molecule is CN1C(=O)[C@]2(c3cc(Cl)ccc31)N(C)C[C@H](c1cccnc1)[C@]21SC(=S)N(Cc2ccccc2)C1=O. The van der Waals surface area contributed by atoms with Crippen molar-refractivity contribution in [2.75, 3.05) is 25.5 Å². The van der Waals surface area contributed by atoms with Crippen molar-refractivity contribution in [3.05, 3.63) is 94.8 Å². The zero-order valence-electron chi connectivity index (χ0n) is 19.7. The molecular weight excluding hydrogens is 512 g/mol. The molecule has 2 saturated heterocycles. The molecule has 0 aliphatic carbocycles. The molecular formula is C27H23ClN4O2S2. The van der Waals surface area contributed by atoms with Crippen molar-refractivity contribution in [3.8, 4) is 0 Å². The fourth-order valence-electron chi connectivity index (χ4n) is 6.15. The summed E-state index contributed by atoms with van der Waals surface area (Å²) in [6.07, 6.45) is 3.50. The highest BCUT2D eigenvalue weighted by atomic mass is 35.5. The maximum atomic E-state index is 14.7. The van der Waals surface area contributed by atoms with Gasteiger partial charge < -0.3 is 4.90 Å². The van der Waals surface area contributed by atoms with Crippen LogP contribution >= 0.6 is 35.6 Å². The van der Waals surface area contributed by atoms with Gasteiger partial charge in [0.25, 0.3) is 5.91 Å². The van der Waals surface area contributed by atoms with Crippen LogP contribution < -0.4 is 4.90 Å². The molecule has 4 heterocycles. The highest BCUT2D eigenvalue weighted by Crippen LogP contribution is 2.66. The van der Waals surface area contributed by atoms with Gasteiger partial charge in [0, 0.05) is 48.2 Å². The number of anilines is 1. The molecule has 2 aromatic carbocycles. The van der Waals surface area contributed by atoms with Gasteiger partial charge >= 0.3 is 0 Å². The van der Waals surface area contributed by atoms with Crippen LogP contribution in [-0.4, -0.2) is 56.3 Å². The summed E-state index contributed by atoms with van der Waals surface area (Å²) in [7, 11) is 3.67. The lowest BCUT2D eigenvalue weighted by Gasteiger charge is -2.42. The number of rotatable bonds is 3. The van der Waals surface area contributed by atoms with Gasteiger partial charge in [-0.25, -0.2) is 0 Å². The summed E-state index contributed by atoms with van der Waals surface area (Å²) in [4.78, 5) is 38.8. The highest BCUT2D eigenvalue weighted by Gasteiger charge is 2.78. The van der Waals surface area contributed by atoms with Gasteiger partial charge in [-0.1, -0.05) is 72.0 Å². The Morgan fingerprint density at radius 3 is 2.58 bits per heavy atom. The Labute approximate surface area is 224 Å². The molecule has 36 heavy (non-hydrogen) atoms. The summed E-state index contributed by atoms with van der Waals surface area (Å²) >= 11 is 13.7. The molecule has 0 bridgehead atoms. The molecule has 1 aromatic heterocycles. The van der Waals surface area contributed by atoms with Crippen LogP contribution in [0.4, 0.5) is 5.69 Å². The van der Waals surface area contributed by atoms with E-state index in [2.05, 4.69) is 4.98 Å². The standard InChI is InChI=1S/C27H23ClN4O2S2/c1-30-16-21(18-9-6-12-29-14-18)27(24(34)32(25(35)36-27)15-17-7-4-3-5-8-17)26(30)20-13-19(28)10-11-22(20)31(2)23(26)33/h3-14,21H,15-16H2,1-2H3/t21-,26+,27-/m1/s1. The topological polar surface area (TPSA) is 56.8 Å². The maximum Gasteiger partial charge on any atom is 0.254 e. The van der Waals surface area contributed by atoms with E-state index in [0.29, 0.717) is 22.4 Å². The number of halogens is 1. The fraction of sp³-hybridized carbons (Fsp3) is 0.259. The molecule has 9 heteroatoms. The number of thiocarbonyl (C=S) groups is 1. The third-order valence-electron chi connectivity index (χ3n) is 7.68. The van der Waals surface area contributed by atoms with Crippen LogP contribution in [0.3, 0.4) is 0 Å². The van der Waals surface area contributed by atoms with Crippen molar-refractivity contribution in [2.45, 2.75) is 22.7 Å². The third-order valence-corrected chi connectivity index (χ3v) is 9.86. The minimum absolute atomic E-state index is 0.154. The molecule has 3 atom stereocenters. The molecule has 0 N–H and O–H groups in total. The molecule has 182 valence electrons. The molecule has 2 fully saturated rings. The van der Waals surface area contributed by atoms with Crippen LogP contribution in [0.25, 0.3) is 0 Å². The molecule has 0 radical (unpaired) electrons. The number of nitrogens with zero attached hydrogens (tertiary/aromatic N) is 4. The van der Waals surface area contributed by atoms with Gasteiger partial charge in [0.2, 0.25) is 5.91 Å². The lowest BCUT2D eigenvalue weighted by Crippen LogP contribution is -2.62. The van der Waals surface area contributed by atoms with E-state index in [1.54, 1.807) is 35.3 Å². The minimum atomic E-state index is -1.28. The molecule has 6 rings (SSSR count). The van der Waals surface area contributed by atoms with Gasteiger partial charge in [-0.2, -0.15) is 0 Å². The number of likely N-dealkylation sites (N-methyl/N-ethyl adjacent to an activating group) is 2. The largest absolute Gasteiger partial charge is 0.313 e. The molecule has 3 aliphatic rings. The number of pyridine rings is 1. The molecule has 3 aliphatic heterocycles. The molecule has 3 aromatic rings. The smallest absolute Gasteiger partial charge is 0.254 e. The van der Waals surface area contributed by atoms with E-state index in [1.807, 2.05) is 66.5 Å². The fourth-order valence-corrected chi connectivity index (χ4v) is 8.45. The Hall–Kier alpha value is -2.78. The first-order chi connectivity index (χ1) is 17.3. The van der Waals surface area contributed by atoms with E-state index < -0.39 is 10.3 Å². The van der Waals surface area contributed by atoms with Gasteiger partial charge in [0.15, 0.2) is 5.54 Å². The number of fused-ring (bicyclic) bond motifs is 3. The lowest BCUT2D eigenvalue weighted by molar-refractivity contribution is -0.139. The third kappa shape index (κ3) is 2.96. The Morgan fingerprint density at radius 2 is 1.86 bits per heavy atom. The number of carbonyl (C=O) groups is 2. The highest BCUT2D eigenvalue weighted by molar-refractivity contribution is 8.25. The van der Waals surface area contributed by atoms with Gasteiger partial charge in [0.05, 0.1) is 6.54 Å².